The second-order valence-electron chi connectivity index (χ2n) is 6.55. The van der Waals surface area contributed by atoms with Gasteiger partial charge in [0.25, 0.3) is 0 Å². The molecule has 0 amide bonds. The van der Waals surface area contributed by atoms with E-state index in [0.29, 0.717) is 33.0 Å². The van der Waals surface area contributed by atoms with Crippen LogP contribution in [0.25, 0.3) is 0 Å². The van der Waals surface area contributed by atoms with Crippen LogP contribution in [-0.2, 0) is 9.47 Å². The van der Waals surface area contributed by atoms with Crippen molar-refractivity contribution in [2.75, 3.05) is 39.1 Å². The number of benzene rings is 3. The van der Waals surface area contributed by atoms with E-state index in [0.717, 1.165) is 6.16 Å². The first-order chi connectivity index (χ1) is 13.9. The van der Waals surface area contributed by atoms with E-state index < -0.39 is 7.26 Å². The third-order valence-electron chi connectivity index (χ3n) is 4.80. The van der Waals surface area contributed by atoms with E-state index in [2.05, 4.69) is 91.0 Å². The van der Waals surface area contributed by atoms with Crippen molar-refractivity contribution in [3.63, 3.8) is 0 Å². The zero-order valence-electron chi connectivity index (χ0n) is 16.2. The number of nitrogens with two attached hydrogens (primary N) is 1. The maximum Gasteiger partial charge on any atom is 0.114 e. The molecule has 0 radical (unpaired) electrons. The van der Waals surface area contributed by atoms with E-state index in [1.165, 1.54) is 15.9 Å². The Labute approximate surface area is 168 Å². The first-order valence-corrected chi connectivity index (χ1v) is 11.8. The third-order valence-corrected chi connectivity index (χ3v) is 9.19. The van der Waals surface area contributed by atoms with Gasteiger partial charge in [-0.2, -0.15) is 0 Å². The summed E-state index contributed by atoms with van der Waals surface area (Å²) in [5.74, 6) is 0. The predicted octanol–water partition coefficient (Wildman–Crippen LogP) is 2.97. The standard InChI is InChI=1S/C24H29NO2P/c25-16-17-26-18-19-27-20-21-28(22-10-4-1-5-11-22,23-12-6-2-7-13-23)24-14-8-3-9-15-24/h1-15H,16-21,25H2/q+1. The smallest absolute Gasteiger partial charge is 0.114 e. The van der Waals surface area contributed by atoms with Gasteiger partial charge in [-0.1, -0.05) is 54.6 Å². The van der Waals surface area contributed by atoms with Gasteiger partial charge < -0.3 is 15.2 Å². The molecule has 3 aromatic rings. The average molecular weight is 394 g/mol. The first-order valence-electron chi connectivity index (χ1n) is 9.78. The molecule has 4 heteroatoms. The Balaban J connectivity index is 1.91. The fraction of sp³-hybridized carbons (Fsp3) is 0.250. The molecule has 3 rings (SSSR count). The number of rotatable bonds is 11. The molecule has 0 aliphatic heterocycles. The molecule has 0 saturated heterocycles. The molecule has 0 spiro atoms. The fourth-order valence-corrected chi connectivity index (χ4v) is 7.60. The van der Waals surface area contributed by atoms with E-state index >= 15 is 0 Å². The van der Waals surface area contributed by atoms with Crippen LogP contribution >= 0.6 is 7.26 Å². The van der Waals surface area contributed by atoms with Crippen LogP contribution in [0, 0.1) is 0 Å². The summed E-state index contributed by atoms with van der Waals surface area (Å²) in [6.45, 7) is 3.00. The molecule has 146 valence electrons. The monoisotopic (exact) mass is 394 g/mol. The quantitative estimate of drug-likeness (QED) is 0.402. The molecule has 0 unspecified atom stereocenters. The minimum absolute atomic E-state index is 0.546. The van der Waals surface area contributed by atoms with Gasteiger partial charge in [-0.05, 0) is 36.4 Å². The molecule has 0 bridgehead atoms. The van der Waals surface area contributed by atoms with Crippen LogP contribution in [0.15, 0.2) is 91.0 Å². The van der Waals surface area contributed by atoms with Crippen LogP contribution in [0.2, 0.25) is 0 Å². The summed E-state index contributed by atoms with van der Waals surface area (Å²) < 4.78 is 11.4. The molecule has 0 aliphatic rings. The van der Waals surface area contributed by atoms with Gasteiger partial charge in [0.1, 0.15) is 23.2 Å². The predicted molar refractivity (Wildman–Crippen MR) is 121 cm³/mol. The largest absolute Gasteiger partial charge is 0.378 e. The van der Waals surface area contributed by atoms with Gasteiger partial charge in [0.2, 0.25) is 0 Å². The maximum absolute atomic E-state index is 5.96. The Kier molecular flexibility index (Phi) is 8.20. The van der Waals surface area contributed by atoms with Crippen LogP contribution < -0.4 is 21.6 Å². The van der Waals surface area contributed by atoms with Crippen LogP contribution in [0.3, 0.4) is 0 Å². The Morgan fingerprint density at radius 1 is 0.536 bits per heavy atom. The highest BCUT2D eigenvalue weighted by Crippen LogP contribution is 2.54. The number of hydrogen-bond acceptors (Lipinski definition) is 3. The van der Waals surface area contributed by atoms with E-state index in [-0.39, 0.29) is 0 Å². The van der Waals surface area contributed by atoms with Crippen molar-refractivity contribution in [2.45, 2.75) is 0 Å². The molecule has 0 heterocycles. The Bertz CT molecular complexity index is 700. The number of hydrogen-bond donors (Lipinski definition) is 1. The first kappa shape index (κ1) is 20.7. The van der Waals surface area contributed by atoms with Gasteiger partial charge in [0, 0.05) is 6.54 Å². The molecule has 0 atom stereocenters. The van der Waals surface area contributed by atoms with Crippen LogP contribution in [0.5, 0.6) is 0 Å². The zero-order chi connectivity index (χ0) is 19.5. The summed E-state index contributed by atoms with van der Waals surface area (Å²) in [6, 6.07) is 32.6. The van der Waals surface area contributed by atoms with E-state index in [9.17, 15) is 0 Å². The van der Waals surface area contributed by atoms with Crippen molar-refractivity contribution in [1.82, 2.24) is 0 Å². The van der Waals surface area contributed by atoms with Gasteiger partial charge in [-0.3, -0.25) is 0 Å². The highest BCUT2D eigenvalue weighted by Gasteiger charge is 2.44. The highest BCUT2D eigenvalue weighted by molar-refractivity contribution is 7.95. The average Bonchev–Trinajstić information content (AvgIpc) is 2.78. The summed E-state index contributed by atoms with van der Waals surface area (Å²) in [5.41, 5.74) is 5.46. The molecule has 2 N–H and O–H groups in total. The molecule has 28 heavy (non-hydrogen) atoms. The van der Waals surface area contributed by atoms with Crippen molar-refractivity contribution in [3.8, 4) is 0 Å². The van der Waals surface area contributed by atoms with Crippen molar-refractivity contribution >= 4 is 23.2 Å². The zero-order valence-corrected chi connectivity index (χ0v) is 17.1. The second kappa shape index (κ2) is 11.1. The molecular weight excluding hydrogens is 365 g/mol. The molecule has 0 aromatic heterocycles. The van der Waals surface area contributed by atoms with Gasteiger partial charge in [0.05, 0.1) is 32.6 Å². The lowest BCUT2D eigenvalue weighted by Gasteiger charge is -2.27. The minimum atomic E-state index is -1.80. The lowest BCUT2D eigenvalue weighted by atomic mass is 10.4. The van der Waals surface area contributed by atoms with Gasteiger partial charge in [-0.15, -0.1) is 0 Å². The van der Waals surface area contributed by atoms with Gasteiger partial charge >= 0.3 is 0 Å². The van der Waals surface area contributed by atoms with Gasteiger partial charge in [0.15, 0.2) is 0 Å². The molecular formula is C24H29NO2P+. The summed E-state index contributed by atoms with van der Waals surface area (Å²) in [4.78, 5) is 0. The molecule has 0 aliphatic carbocycles. The summed E-state index contributed by atoms with van der Waals surface area (Å²) >= 11 is 0. The van der Waals surface area contributed by atoms with Crippen molar-refractivity contribution in [3.05, 3.63) is 91.0 Å². The molecule has 3 aromatic carbocycles. The summed E-state index contributed by atoms with van der Waals surface area (Å²) in [7, 11) is -1.80. The van der Waals surface area contributed by atoms with Crippen LogP contribution in [0.1, 0.15) is 0 Å². The van der Waals surface area contributed by atoms with Crippen molar-refractivity contribution in [1.29, 1.82) is 0 Å². The fourth-order valence-electron chi connectivity index (χ4n) is 3.49. The highest BCUT2D eigenvalue weighted by atomic mass is 31.2. The Morgan fingerprint density at radius 3 is 1.32 bits per heavy atom. The SMILES string of the molecule is NCCOCCOCC[P+](c1ccccc1)(c1ccccc1)c1ccccc1. The molecule has 3 nitrogen and oxygen atoms in total. The van der Waals surface area contributed by atoms with Crippen LogP contribution in [0.4, 0.5) is 0 Å². The third kappa shape index (κ3) is 5.06. The molecule has 0 saturated carbocycles. The summed E-state index contributed by atoms with van der Waals surface area (Å²) in [5, 5.41) is 4.15. The Morgan fingerprint density at radius 2 is 0.929 bits per heavy atom. The molecule has 0 fully saturated rings. The maximum atomic E-state index is 5.96. The lowest BCUT2D eigenvalue weighted by molar-refractivity contribution is 0.0569. The van der Waals surface area contributed by atoms with Gasteiger partial charge in [-0.25, -0.2) is 0 Å². The van der Waals surface area contributed by atoms with E-state index in [1.54, 1.807) is 0 Å². The minimum Gasteiger partial charge on any atom is -0.378 e. The topological polar surface area (TPSA) is 44.5 Å². The van der Waals surface area contributed by atoms with E-state index in [1.807, 2.05) is 0 Å². The second-order valence-corrected chi connectivity index (χ2v) is 10.2. The van der Waals surface area contributed by atoms with Crippen LogP contribution in [-0.4, -0.2) is 39.1 Å². The number of ether oxygens (including phenoxy) is 2. The van der Waals surface area contributed by atoms with Crippen molar-refractivity contribution in [2.24, 2.45) is 5.73 Å². The lowest BCUT2D eigenvalue weighted by Crippen LogP contribution is -2.34. The summed E-state index contributed by atoms with van der Waals surface area (Å²) in [6.07, 6.45) is 0.960. The Hall–Kier alpha value is -2.03. The normalized spacial score (nSPS) is 11.5. The van der Waals surface area contributed by atoms with Crippen molar-refractivity contribution < 1.29 is 9.47 Å². The van der Waals surface area contributed by atoms with E-state index in [4.69, 9.17) is 15.2 Å².